The number of nitrogens with one attached hydrogen (secondary N) is 2. The molecular weight excluding hydrogens is 220 g/mol. The summed E-state index contributed by atoms with van der Waals surface area (Å²) < 4.78 is 5.05. The Bertz CT molecular complexity index is 331. The Morgan fingerprint density at radius 2 is 2.14 bits per heavy atom. The van der Waals surface area contributed by atoms with Crippen molar-refractivity contribution in [2.45, 2.75) is 6.92 Å². The fraction of sp³-hybridized carbons (Fsp3) is 0.222. The van der Waals surface area contributed by atoms with Crippen LogP contribution in [0.4, 0.5) is 5.69 Å². The summed E-state index contributed by atoms with van der Waals surface area (Å²) in [6.07, 6.45) is 0. The van der Waals surface area contributed by atoms with Gasteiger partial charge in [0.05, 0.1) is 7.11 Å². The summed E-state index contributed by atoms with van der Waals surface area (Å²) in [6, 6.07) is 5.60. The van der Waals surface area contributed by atoms with Gasteiger partial charge in [0.25, 0.3) is 0 Å². The molecule has 0 heterocycles. The number of hydrogen-bond acceptors (Lipinski definition) is 2. The summed E-state index contributed by atoms with van der Waals surface area (Å²) in [5.41, 5.74) is 1.90. The molecule has 3 nitrogen and oxygen atoms in total. The number of thiol groups is 1. The van der Waals surface area contributed by atoms with Crippen LogP contribution in [-0.4, -0.2) is 12.3 Å². The summed E-state index contributed by atoms with van der Waals surface area (Å²) >= 11 is 3.85. The van der Waals surface area contributed by atoms with Gasteiger partial charge in [-0.1, -0.05) is 0 Å². The predicted molar refractivity (Wildman–Crippen MR) is 65.3 cm³/mol. The van der Waals surface area contributed by atoms with Gasteiger partial charge in [0.1, 0.15) is 5.75 Å². The van der Waals surface area contributed by atoms with Crippen molar-refractivity contribution in [2.75, 3.05) is 12.4 Å². The van der Waals surface area contributed by atoms with Crippen LogP contribution in [0.15, 0.2) is 18.2 Å². The molecule has 0 atom stereocenters. The zero-order valence-electron chi connectivity index (χ0n) is 8.00. The number of benzene rings is 1. The van der Waals surface area contributed by atoms with Gasteiger partial charge < -0.3 is 10.1 Å². The lowest BCUT2D eigenvalue weighted by Gasteiger charge is -2.08. The van der Waals surface area contributed by atoms with E-state index < -0.39 is 0 Å². The molecule has 0 radical (unpaired) electrons. The number of aryl methyl sites for hydroxylation is 1. The number of amidine groups is 1. The highest BCUT2D eigenvalue weighted by Gasteiger charge is 1.99. The molecule has 5 heteroatoms. The molecule has 0 saturated carbocycles. The Morgan fingerprint density at radius 1 is 1.50 bits per heavy atom. The molecule has 0 fully saturated rings. The van der Waals surface area contributed by atoms with Crippen LogP contribution in [0.3, 0.4) is 0 Å². The summed E-state index contributed by atoms with van der Waals surface area (Å²) in [7, 11) is 1.63. The molecule has 0 spiro atoms. The van der Waals surface area contributed by atoms with E-state index >= 15 is 0 Å². The number of ether oxygens (including phenoxy) is 1. The van der Waals surface area contributed by atoms with E-state index in [0.29, 0.717) is 0 Å². The molecule has 1 aromatic carbocycles. The predicted octanol–water partition coefficient (Wildman–Crippen LogP) is 2.70. The molecule has 1 rings (SSSR count). The van der Waals surface area contributed by atoms with Crippen molar-refractivity contribution in [1.82, 2.24) is 0 Å². The van der Waals surface area contributed by atoms with Gasteiger partial charge in [0, 0.05) is 5.69 Å². The molecule has 2 N–H and O–H groups in total. The molecule has 0 amide bonds. The van der Waals surface area contributed by atoms with Gasteiger partial charge in [-0.05, 0) is 30.7 Å². The number of rotatable bonds is 2. The Balaban J connectivity index is 0.00000169. The number of hydrogen-bond donors (Lipinski definition) is 3. The zero-order valence-corrected chi connectivity index (χ0v) is 9.71. The first-order valence-electron chi connectivity index (χ1n) is 3.82. The van der Waals surface area contributed by atoms with Crippen LogP contribution >= 0.6 is 25.0 Å². The Hall–Kier alpha value is -0.870. The van der Waals surface area contributed by atoms with Gasteiger partial charge in [0.2, 0.25) is 0 Å². The van der Waals surface area contributed by atoms with Gasteiger partial charge in [-0.25, -0.2) is 0 Å². The average Bonchev–Trinajstić information content (AvgIpc) is 2.08. The van der Waals surface area contributed by atoms with E-state index in [0.717, 1.165) is 17.0 Å². The lowest BCUT2D eigenvalue weighted by atomic mass is 10.2. The van der Waals surface area contributed by atoms with Crippen molar-refractivity contribution in [3.8, 4) is 5.75 Å². The van der Waals surface area contributed by atoms with Crippen LogP contribution in [0, 0.1) is 12.3 Å². The first-order valence-corrected chi connectivity index (χ1v) is 4.27. The standard InChI is InChI=1S/C9H12N2OS.ClH/c1-6-5-7(12-2)3-4-8(6)11-9(10)13;/h3-5H,1-2H3,(H3,10,11,13);1H. The number of methoxy groups -OCH3 is 1. The molecule has 0 unspecified atom stereocenters. The summed E-state index contributed by atoms with van der Waals surface area (Å²) in [5, 5.41) is 10.1. The highest BCUT2D eigenvalue weighted by atomic mass is 35.5. The molecule has 0 aliphatic heterocycles. The topological polar surface area (TPSA) is 45.1 Å². The van der Waals surface area contributed by atoms with E-state index in [-0.39, 0.29) is 17.6 Å². The van der Waals surface area contributed by atoms with E-state index in [1.54, 1.807) is 7.11 Å². The molecular formula is C9H13ClN2OS. The van der Waals surface area contributed by atoms with Crippen molar-refractivity contribution in [3.63, 3.8) is 0 Å². The van der Waals surface area contributed by atoms with E-state index in [4.69, 9.17) is 10.1 Å². The first-order chi connectivity index (χ1) is 6.13. The quantitative estimate of drug-likeness (QED) is 0.417. The molecule has 0 aliphatic rings. The zero-order chi connectivity index (χ0) is 9.84. The minimum absolute atomic E-state index is 0. The number of halogens is 1. The van der Waals surface area contributed by atoms with Crippen molar-refractivity contribution in [1.29, 1.82) is 5.41 Å². The van der Waals surface area contributed by atoms with E-state index in [2.05, 4.69) is 17.9 Å². The smallest absolute Gasteiger partial charge is 0.155 e. The van der Waals surface area contributed by atoms with Gasteiger partial charge in [-0.2, -0.15) is 0 Å². The van der Waals surface area contributed by atoms with Crippen LogP contribution in [0.5, 0.6) is 5.75 Å². The molecule has 1 aromatic rings. The largest absolute Gasteiger partial charge is 0.497 e. The van der Waals surface area contributed by atoms with Gasteiger partial charge in [-0.3, -0.25) is 5.41 Å². The second-order valence-electron chi connectivity index (χ2n) is 2.65. The molecule has 0 bridgehead atoms. The Kier molecular flexibility index (Phi) is 5.42. The summed E-state index contributed by atoms with van der Waals surface area (Å²) in [4.78, 5) is 0. The van der Waals surface area contributed by atoms with Crippen LogP contribution in [-0.2, 0) is 0 Å². The molecule has 78 valence electrons. The fourth-order valence-electron chi connectivity index (χ4n) is 1.03. The second kappa shape index (κ2) is 5.78. The maximum absolute atomic E-state index is 7.15. The third-order valence-corrected chi connectivity index (χ3v) is 1.80. The summed E-state index contributed by atoms with van der Waals surface area (Å²) in [5.74, 6) is 0.814. The van der Waals surface area contributed by atoms with Gasteiger partial charge in [-0.15, -0.1) is 25.0 Å². The SMILES string of the molecule is COc1ccc(NC(=N)S)c(C)c1.Cl. The highest BCUT2D eigenvalue weighted by Crippen LogP contribution is 2.20. The Morgan fingerprint density at radius 3 is 2.57 bits per heavy atom. The van der Waals surface area contributed by atoms with Crippen molar-refractivity contribution >= 4 is 35.9 Å². The van der Waals surface area contributed by atoms with Gasteiger partial charge in [0.15, 0.2) is 5.17 Å². The second-order valence-corrected chi connectivity index (χ2v) is 3.10. The maximum atomic E-state index is 7.15. The van der Waals surface area contributed by atoms with Crippen LogP contribution < -0.4 is 10.1 Å². The third-order valence-electron chi connectivity index (χ3n) is 1.69. The maximum Gasteiger partial charge on any atom is 0.155 e. The summed E-state index contributed by atoms with van der Waals surface area (Å²) in [6.45, 7) is 1.95. The molecule has 0 aromatic heterocycles. The fourth-order valence-corrected chi connectivity index (χ4v) is 1.15. The van der Waals surface area contributed by atoms with Crippen LogP contribution in [0.2, 0.25) is 0 Å². The van der Waals surface area contributed by atoms with E-state index in [1.807, 2.05) is 25.1 Å². The van der Waals surface area contributed by atoms with Crippen molar-refractivity contribution in [3.05, 3.63) is 23.8 Å². The highest BCUT2D eigenvalue weighted by molar-refractivity contribution is 7.97. The normalized spacial score (nSPS) is 8.79. The first kappa shape index (κ1) is 13.1. The van der Waals surface area contributed by atoms with Crippen LogP contribution in [0.1, 0.15) is 5.56 Å². The van der Waals surface area contributed by atoms with E-state index in [9.17, 15) is 0 Å². The molecule has 0 aliphatic carbocycles. The van der Waals surface area contributed by atoms with Crippen LogP contribution in [0.25, 0.3) is 0 Å². The lowest BCUT2D eigenvalue weighted by molar-refractivity contribution is 0.414. The average molecular weight is 233 g/mol. The minimum atomic E-state index is 0. The molecule has 0 saturated heterocycles. The van der Waals surface area contributed by atoms with Gasteiger partial charge >= 0.3 is 0 Å². The minimum Gasteiger partial charge on any atom is -0.497 e. The van der Waals surface area contributed by atoms with Crippen molar-refractivity contribution in [2.24, 2.45) is 0 Å². The monoisotopic (exact) mass is 232 g/mol. The Labute approximate surface area is 95.2 Å². The molecule has 14 heavy (non-hydrogen) atoms. The lowest BCUT2D eigenvalue weighted by Crippen LogP contribution is -2.03. The van der Waals surface area contributed by atoms with Crippen molar-refractivity contribution < 1.29 is 4.74 Å². The third kappa shape index (κ3) is 3.47. The van der Waals surface area contributed by atoms with E-state index in [1.165, 1.54) is 0 Å². The number of anilines is 1.